The number of hydroxylamine groups is 2. The summed E-state index contributed by atoms with van der Waals surface area (Å²) in [6, 6.07) is 56.4. The van der Waals surface area contributed by atoms with Crippen molar-refractivity contribution in [1.82, 2.24) is 40.3 Å². The number of piperazine rings is 2. The van der Waals surface area contributed by atoms with Crippen LogP contribution in [-0.4, -0.2) is 184 Å². The van der Waals surface area contributed by atoms with E-state index in [1.165, 1.54) is 67.2 Å². The second kappa shape index (κ2) is 62.6. The molecule has 0 saturated carbocycles. The van der Waals surface area contributed by atoms with Crippen LogP contribution in [0.2, 0.25) is 0 Å². The Hall–Kier alpha value is -10.5. The molecule has 6 unspecified atom stereocenters. The second-order valence-corrected chi connectivity index (χ2v) is 37.0. The van der Waals surface area contributed by atoms with E-state index in [4.69, 9.17) is 13.7 Å². The fourth-order valence-electron chi connectivity index (χ4n) is 17.9. The van der Waals surface area contributed by atoms with Crippen LogP contribution in [0.1, 0.15) is 280 Å². The summed E-state index contributed by atoms with van der Waals surface area (Å²) in [7, 11) is 0. The van der Waals surface area contributed by atoms with Crippen molar-refractivity contribution in [3.05, 3.63) is 264 Å². The highest BCUT2D eigenvalue weighted by Gasteiger charge is 2.39. The van der Waals surface area contributed by atoms with Crippen molar-refractivity contribution in [2.24, 2.45) is 23.7 Å². The molecule has 3 aromatic heterocycles. The van der Waals surface area contributed by atoms with Gasteiger partial charge >= 0.3 is 0 Å². The van der Waals surface area contributed by atoms with Crippen LogP contribution in [0.3, 0.4) is 0 Å². The number of aryl methyl sites for hydroxylation is 7. The fourth-order valence-corrected chi connectivity index (χ4v) is 17.9. The number of benzene rings is 6. The summed E-state index contributed by atoms with van der Waals surface area (Å²) in [6.45, 7) is 58.5. The van der Waals surface area contributed by atoms with Crippen LogP contribution in [0.4, 0.5) is 0 Å². The molecule has 8 heterocycles. The Balaban J connectivity index is 0.000000243. The highest BCUT2D eigenvalue weighted by Crippen LogP contribution is 2.34. The number of ketones is 2. The number of piperidine rings is 2. The molecular weight excluding hydrogens is 1740 g/mol. The smallest absolute Gasteiger partial charge is 0.285 e. The number of amides is 4. The number of pyridine rings is 1. The van der Waals surface area contributed by atoms with Crippen LogP contribution in [0.5, 0.6) is 0 Å². The third kappa shape index (κ3) is 35.6. The fraction of sp³-hybridized carbons (Fsp3) is 0.517. The lowest BCUT2D eigenvalue weighted by molar-refractivity contribution is -0.139. The van der Waals surface area contributed by atoms with Gasteiger partial charge in [-0.25, -0.2) is 0 Å². The predicted molar refractivity (Wildman–Crippen MR) is 569 cm³/mol. The van der Waals surface area contributed by atoms with Crippen molar-refractivity contribution >= 4 is 35.2 Å². The standard InChI is InChI=1S/2C21H20O2.C13H15NO3.C12H26N2O2.2C11H19NO2.C11H17N.C10H14.C8H18N2/c1-3-17-19(22)18(4-2)21(16-13-9-6-10-14-16)23-20(17)15-11-7-5-8-12-15;1-3-17-19(15-11-7-5-8-12-15)21(22)20(18(4-2)23-17)16-13-9-6-10-14-16;1-3-9(4-2)17-14-12(15)10-7-5-6-8-11(10)13(14)16;1-3-11(15)9-13-5-7-14(8-6-13)10-12(16)4-2;1-6(2)8-5-9(13)10(7(3)4)12-11(8)14;1-3-5-8-7-10(13)9(6-4-2)12-11(8)14;1-5-10-7-8(3)12-9(4)11(10)6-2;1-3-9-7-5-6-8-10(9)4-2;1-3-9-5-7-10(4-2)8-6-9/h2*5-14H,3-4H2,1-2H3;5-9H,3-4H2,1-2H3;11-12,15-16H,3-10H2,1-2H3;6-8,10H,5H2,1-4H3,(H,12,14);8-9H,3-7H2,1-2H3,(H,12,14);7H,5-6H2,1-4H3;5-8H,3-4H2,1-2H3;3-8H2,1-2H3. The molecule has 139 heavy (non-hydrogen) atoms. The minimum Gasteiger partial charge on any atom is -0.465 e. The van der Waals surface area contributed by atoms with Crippen LogP contribution in [-0.2, 0) is 75.4 Å². The van der Waals surface area contributed by atoms with Gasteiger partial charge in [-0.3, -0.25) is 58.0 Å². The molecule has 21 nitrogen and oxygen atoms in total. The molecule has 9 aromatic rings. The van der Waals surface area contributed by atoms with Crippen molar-refractivity contribution in [1.29, 1.82) is 0 Å². The quantitative estimate of drug-likeness (QED) is 0.0305. The Labute approximate surface area is 832 Å². The SMILES string of the molecule is CC(C)C1CC(=O)C(C(C)C)NC1=O.CCC(CC)ON1C(=O)c2ccccc2C1=O.CCC(O)CN1CCN(CC(O)CC)CC1.CCCC1CC(=O)C(CCC)NC1=O.CCN1CCN(CC)CC1.CCc1c(-c2ccccc2)oc(-c2ccccc2)c(CC)c1=O.CCc1cc(C)nc(C)c1CC.CCc1ccccc1CC.CCc1oc(CC)c(-c2ccccc2)c(=O)c1-c1ccccc1. The highest BCUT2D eigenvalue weighted by molar-refractivity contribution is 6.20. The Kier molecular flexibility index (Phi) is 52.8. The molecule has 0 spiro atoms. The van der Waals surface area contributed by atoms with Crippen molar-refractivity contribution in [2.75, 3.05) is 78.5 Å². The monoisotopic (exact) mass is 1910 g/mol. The first-order chi connectivity index (χ1) is 66.9. The van der Waals surface area contributed by atoms with E-state index in [9.17, 15) is 48.6 Å². The third-order valence-electron chi connectivity index (χ3n) is 26.5. The number of nitrogens with zero attached hydrogens (tertiary/aromatic N) is 6. The Morgan fingerprint density at radius 2 is 0.799 bits per heavy atom. The molecule has 0 aliphatic carbocycles. The van der Waals surface area contributed by atoms with Gasteiger partial charge in [0, 0.05) is 137 Å². The van der Waals surface area contributed by atoms with Crippen LogP contribution >= 0.6 is 0 Å². The van der Waals surface area contributed by atoms with Crippen molar-refractivity contribution in [3.63, 3.8) is 0 Å². The van der Waals surface area contributed by atoms with Gasteiger partial charge in [0.05, 0.1) is 52.6 Å². The molecule has 758 valence electrons. The van der Waals surface area contributed by atoms with E-state index < -0.39 is 0 Å². The number of β-amino-alcohol motifs (C(OH)–C–C–N with tert-alkyl or cyclic N) is 2. The van der Waals surface area contributed by atoms with Crippen LogP contribution in [0.15, 0.2) is 194 Å². The van der Waals surface area contributed by atoms with E-state index in [0.29, 0.717) is 72.3 Å². The lowest BCUT2D eigenvalue weighted by atomic mass is 9.82. The number of Topliss-reactive ketones (excluding diaryl/α,β-unsaturated/α-hetero) is 2. The van der Waals surface area contributed by atoms with E-state index in [1.54, 1.807) is 24.3 Å². The Morgan fingerprint density at radius 3 is 1.16 bits per heavy atom. The molecule has 0 bridgehead atoms. The molecule has 0 radical (unpaired) electrons. The van der Waals surface area contributed by atoms with Crippen LogP contribution in [0.25, 0.3) is 44.9 Å². The molecule has 5 aliphatic rings. The van der Waals surface area contributed by atoms with Gasteiger partial charge in [0.2, 0.25) is 17.2 Å². The normalized spacial score (nSPS) is 16.9. The van der Waals surface area contributed by atoms with Gasteiger partial charge in [0.1, 0.15) is 23.0 Å². The summed E-state index contributed by atoms with van der Waals surface area (Å²) in [4.78, 5) is 116. The first-order valence-electron chi connectivity index (χ1n) is 52.1. The first-order valence-corrected chi connectivity index (χ1v) is 52.1. The molecule has 14 rings (SSSR count). The number of aromatic nitrogens is 1. The number of likely N-dealkylation sites (N-methyl/N-ethyl adjacent to an activating group) is 2. The molecular formula is C118H168N8O13. The lowest BCUT2D eigenvalue weighted by Crippen LogP contribution is -2.53. The highest BCUT2D eigenvalue weighted by atomic mass is 16.7. The number of carbonyl (C=O) groups is 6. The summed E-state index contributed by atoms with van der Waals surface area (Å²) in [5.74, 6) is 2.92. The molecule has 4 fully saturated rings. The minimum absolute atomic E-state index is 0.0401. The van der Waals surface area contributed by atoms with Crippen LogP contribution in [0, 0.1) is 37.5 Å². The molecule has 5 aliphatic heterocycles. The first kappa shape index (κ1) is 117. The summed E-state index contributed by atoms with van der Waals surface area (Å²) in [6.07, 6.45) is 14.3. The topological polar surface area (TPSA) is 266 Å². The predicted octanol–water partition coefficient (Wildman–Crippen LogP) is 22.1. The molecule has 4 saturated heterocycles. The van der Waals surface area contributed by atoms with Gasteiger partial charge in [0.25, 0.3) is 11.8 Å². The summed E-state index contributed by atoms with van der Waals surface area (Å²) in [5.41, 5.74) is 15.8. The number of aliphatic hydroxyl groups is 2. The number of nitrogens with one attached hydrogen (secondary N) is 2. The average Bonchev–Trinajstić information content (AvgIpc) is 1.10. The van der Waals surface area contributed by atoms with E-state index in [0.717, 1.165) is 172 Å². The second-order valence-electron chi connectivity index (χ2n) is 37.0. The van der Waals surface area contributed by atoms with Gasteiger partial charge in [0.15, 0.2) is 17.0 Å². The number of hydrogen-bond donors (Lipinski definition) is 4. The van der Waals surface area contributed by atoms with E-state index in [2.05, 4.69) is 121 Å². The molecule has 21 heteroatoms. The van der Waals surface area contributed by atoms with Crippen molar-refractivity contribution in [2.45, 2.75) is 298 Å². The summed E-state index contributed by atoms with van der Waals surface area (Å²) in [5, 5.41) is 25.6. The Morgan fingerprint density at radius 1 is 0.403 bits per heavy atom. The van der Waals surface area contributed by atoms with Crippen molar-refractivity contribution < 1.29 is 52.7 Å². The van der Waals surface area contributed by atoms with E-state index >= 15 is 0 Å². The van der Waals surface area contributed by atoms with Crippen LogP contribution < -0.4 is 21.5 Å². The largest absolute Gasteiger partial charge is 0.465 e. The van der Waals surface area contributed by atoms with Gasteiger partial charge in [-0.2, -0.15) is 0 Å². The van der Waals surface area contributed by atoms with Gasteiger partial charge in [-0.05, 0) is 167 Å². The maximum absolute atomic E-state index is 13.3. The Bertz CT molecular complexity index is 5010. The summed E-state index contributed by atoms with van der Waals surface area (Å²) < 4.78 is 12.4. The number of imide groups is 1. The zero-order chi connectivity index (χ0) is 102. The average molecular weight is 1910 g/mol. The zero-order valence-corrected chi connectivity index (χ0v) is 88.2. The minimum atomic E-state index is -0.363. The van der Waals surface area contributed by atoms with E-state index in [1.807, 2.05) is 218 Å². The lowest BCUT2D eigenvalue weighted by Gasteiger charge is -2.36. The molecule has 6 aromatic carbocycles. The maximum atomic E-state index is 13.3. The number of hydrogen-bond acceptors (Lipinski definition) is 18. The van der Waals surface area contributed by atoms with Gasteiger partial charge < -0.3 is 39.5 Å². The van der Waals surface area contributed by atoms with Crippen molar-refractivity contribution in [3.8, 4) is 44.9 Å². The van der Waals surface area contributed by atoms with E-state index in [-0.39, 0.29) is 100 Å². The number of aliphatic hydroxyl groups excluding tert-OH is 2. The number of fused-ring (bicyclic) bond motifs is 1. The third-order valence-corrected chi connectivity index (χ3v) is 26.5. The summed E-state index contributed by atoms with van der Waals surface area (Å²) >= 11 is 0. The number of carbonyl (C=O) groups excluding carboxylic acids is 6. The maximum Gasteiger partial charge on any atom is 0.285 e. The van der Waals surface area contributed by atoms with Gasteiger partial charge in [-0.1, -0.05) is 309 Å². The molecule has 4 amide bonds. The zero-order valence-electron chi connectivity index (χ0n) is 88.2. The molecule has 4 N–H and O–H groups in total. The molecule has 6 atom stereocenters. The van der Waals surface area contributed by atoms with Gasteiger partial charge in [-0.15, -0.1) is 5.06 Å². The number of rotatable bonds is 30.